The van der Waals surface area contributed by atoms with E-state index < -0.39 is 23.2 Å². The maximum atomic E-state index is 10.1. The highest BCUT2D eigenvalue weighted by molar-refractivity contribution is 6.39. The lowest BCUT2D eigenvalue weighted by Gasteiger charge is -2.04. The summed E-state index contributed by atoms with van der Waals surface area (Å²) in [5, 5.41) is 35.0. The van der Waals surface area contributed by atoms with Crippen molar-refractivity contribution < 1.29 is 24.9 Å². The van der Waals surface area contributed by atoms with E-state index in [9.17, 15) is 19.8 Å². The van der Waals surface area contributed by atoms with E-state index in [4.69, 9.17) is 10.5 Å². The molecule has 6 nitrogen and oxygen atoms in total. The Morgan fingerprint density at radius 1 is 1.31 bits per heavy atom. The van der Waals surface area contributed by atoms with Gasteiger partial charge in [-0.2, -0.15) is 0 Å². The Kier molecular flexibility index (Phi) is 3.94. The van der Waals surface area contributed by atoms with Crippen molar-refractivity contribution in [2.45, 2.75) is 0 Å². The minimum Gasteiger partial charge on any atom is -0.877 e. The van der Waals surface area contributed by atoms with Crippen LogP contribution in [0.1, 0.15) is 0 Å². The molecule has 0 spiro atoms. The van der Waals surface area contributed by atoms with E-state index in [1.54, 1.807) is 0 Å². The fourth-order valence-corrected chi connectivity index (χ4v) is 0.400. The fraction of sp³-hybridized carbons (Fsp3) is 0. The second-order valence-electron chi connectivity index (χ2n) is 1.91. The summed E-state index contributed by atoms with van der Waals surface area (Å²) in [7, 11) is 0. The number of carbonyl (C=O) groups excluding carboxylic acids is 1. The van der Waals surface area contributed by atoms with Crippen molar-refractivity contribution in [2.24, 2.45) is 0 Å². The molecule has 2 N–H and O–H groups in total. The molecule has 0 saturated heterocycles. The highest BCUT2D eigenvalue weighted by atomic mass is 16.4. The number of carboxylic acid groups (broad SMARTS) is 2. The molecule has 0 aromatic heterocycles. The van der Waals surface area contributed by atoms with Crippen molar-refractivity contribution in [1.82, 2.24) is 0 Å². The van der Waals surface area contributed by atoms with Crippen LogP contribution >= 0.6 is 0 Å². The van der Waals surface area contributed by atoms with Gasteiger partial charge in [-0.15, -0.1) is 6.26 Å². The average Bonchev–Trinajstić information content (AvgIpc) is 2.04. The van der Waals surface area contributed by atoms with Gasteiger partial charge in [0.05, 0.1) is 5.97 Å². The average molecular weight is 183 g/mol. The molecule has 0 bridgehead atoms. The van der Waals surface area contributed by atoms with Crippen molar-refractivity contribution in [3.63, 3.8) is 0 Å². The monoisotopic (exact) mass is 183 g/mol. The van der Waals surface area contributed by atoms with Gasteiger partial charge < -0.3 is 20.1 Å². The van der Waals surface area contributed by atoms with Crippen LogP contribution in [0.2, 0.25) is 0 Å². The highest BCUT2D eigenvalue weighted by Crippen LogP contribution is 1.92. The van der Waals surface area contributed by atoms with Crippen LogP contribution in [0.5, 0.6) is 0 Å². The first-order valence-electron chi connectivity index (χ1n) is 3.02. The van der Waals surface area contributed by atoms with Gasteiger partial charge in [-0.25, -0.2) is 4.79 Å². The quantitative estimate of drug-likeness (QED) is 0.218. The smallest absolute Gasteiger partial charge is 0.353 e. The lowest BCUT2D eigenvalue weighted by molar-refractivity contribution is -0.303. The molecule has 0 aliphatic carbocycles. The number of rotatable bonds is 4. The molecular weight excluding hydrogens is 178 g/mol. The standard InChI is InChI=1S/C7H7NO5/c8-5(7(12)13)2-1-4(3-9)6(10)11/h1-3,8-9H,(H,10,11)(H,12,13)/p-2/b2-1+,4-3+,8-5?. The van der Waals surface area contributed by atoms with Gasteiger partial charge in [0, 0.05) is 0 Å². The lowest BCUT2D eigenvalue weighted by atomic mass is 10.2. The molecular formula is C7H5NO5-2. The molecule has 0 saturated carbocycles. The summed E-state index contributed by atoms with van der Waals surface area (Å²) in [6, 6.07) is 0. The van der Waals surface area contributed by atoms with Crippen LogP contribution < -0.4 is 10.2 Å². The second-order valence-corrected chi connectivity index (χ2v) is 1.91. The Morgan fingerprint density at radius 2 is 1.85 bits per heavy atom. The molecule has 70 valence electrons. The van der Waals surface area contributed by atoms with Crippen LogP contribution in [0.15, 0.2) is 24.0 Å². The number of hydrogen-bond donors (Lipinski definition) is 2. The van der Waals surface area contributed by atoms with Gasteiger partial charge in [-0.1, -0.05) is 6.08 Å². The van der Waals surface area contributed by atoms with E-state index >= 15 is 0 Å². The molecule has 0 radical (unpaired) electrons. The van der Waals surface area contributed by atoms with Crippen molar-refractivity contribution in [1.29, 1.82) is 5.41 Å². The highest BCUT2D eigenvalue weighted by Gasteiger charge is 2.00. The Balaban J connectivity index is 4.51. The topological polar surface area (TPSA) is 124 Å². The van der Waals surface area contributed by atoms with Crippen LogP contribution in [0.25, 0.3) is 0 Å². The van der Waals surface area contributed by atoms with E-state index in [0.29, 0.717) is 12.2 Å². The lowest BCUT2D eigenvalue weighted by Crippen LogP contribution is -2.24. The molecule has 13 heavy (non-hydrogen) atoms. The number of carbonyl (C=O) groups is 2. The summed E-state index contributed by atoms with van der Waals surface area (Å²) >= 11 is 0. The molecule has 0 aromatic rings. The van der Waals surface area contributed by atoms with Gasteiger partial charge in [0.2, 0.25) is 0 Å². The first kappa shape index (κ1) is 10.9. The van der Waals surface area contributed by atoms with Crippen molar-refractivity contribution in [3.05, 3.63) is 24.0 Å². The molecule has 0 heterocycles. The molecule has 0 aliphatic rings. The normalized spacial score (nSPS) is 11.5. The fourth-order valence-electron chi connectivity index (χ4n) is 0.400. The zero-order valence-corrected chi connectivity index (χ0v) is 6.31. The predicted molar refractivity (Wildman–Crippen MR) is 37.6 cm³/mol. The predicted octanol–water partition coefficient (Wildman–Crippen LogP) is -2.36. The van der Waals surface area contributed by atoms with E-state index in [1.165, 1.54) is 0 Å². The van der Waals surface area contributed by atoms with Crippen LogP contribution in [-0.2, 0) is 9.59 Å². The number of aliphatic carboxylic acids is 2. The first-order valence-corrected chi connectivity index (χ1v) is 3.02. The Labute approximate surface area is 72.9 Å². The molecule has 0 aromatic carbocycles. The largest absolute Gasteiger partial charge is 0.877 e. The Hall–Kier alpha value is -2.11. The van der Waals surface area contributed by atoms with Gasteiger partial charge in [0.25, 0.3) is 0 Å². The van der Waals surface area contributed by atoms with E-state index in [0.717, 1.165) is 0 Å². The minimum absolute atomic E-state index is 0.000956. The molecule has 0 amide bonds. The summed E-state index contributed by atoms with van der Waals surface area (Å²) in [6.45, 7) is 0. The van der Waals surface area contributed by atoms with Crippen molar-refractivity contribution >= 4 is 17.7 Å². The number of nitrogens with one attached hydrogen (secondary N) is 1. The van der Waals surface area contributed by atoms with E-state index in [-0.39, 0.29) is 6.26 Å². The summed E-state index contributed by atoms with van der Waals surface area (Å²) in [5.41, 5.74) is -1.54. The maximum Gasteiger partial charge on any atom is 0.353 e. The van der Waals surface area contributed by atoms with E-state index in [1.807, 2.05) is 0 Å². The zero-order valence-electron chi connectivity index (χ0n) is 6.31. The molecule has 6 heteroatoms. The Bertz CT molecular complexity index is 302. The van der Waals surface area contributed by atoms with Gasteiger partial charge in [-0.05, 0) is 11.6 Å². The zero-order chi connectivity index (χ0) is 10.4. The van der Waals surface area contributed by atoms with Crippen LogP contribution in [-0.4, -0.2) is 22.8 Å². The van der Waals surface area contributed by atoms with Gasteiger partial charge >= 0.3 is 5.97 Å². The van der Waals surface area contributed by atoms with Crippen molar-refractivity contribution in [2.75, 3.05) is 0 Å². The summed E-state index contributed by atoms with van der Waals surface area (Å²) in [5.74, 6) is -3.23. The van der Waals surface area contributed by atoms with E-state index in [2.05, 4.69) is 0 Å². The van der Waals surface area contributed by atoms with Gasteiger partial charge in [0.1, 0.15) is 5.71 Å². The van der Waals surface area contributed by atoms with Crippen molar-refractivity contribution in [3.8, 4) is 0 Å². The molecule has 0 fully saturated rings. The third-order valence-electron chi connectivity index (χ3n) is 1.02. The summed E-state index contributed by atoms with van der Waals surface area (Å²) in [4.78, 5) is 20.1. The SMILES string of the molecule is N=C(/C=C/C(=C\[O-])C(=O)[O-])C(=O)O. The molecule has 0 unspecified atom stereocenters. The minimum atomic E-state index is -1.72. The maximum absolute atomic E-state index is 10.1. The third kappa shape index (κ3) is 3.71. The molecule has 0 aliphatic heterocycles. The molecule has 0 atom stereocenters. The van der Waals surface area contributed by atoms with Gasteiger partial charge in [-0.3, -0.25) is 5.41 Å². The van der Waals surface area contributed by atoms with Crippen LogP contribution in [0.4, 0.5) is 0 Å². The number of carboxylic acids is 2. The first-order chi connectivity index (χ1) is 5.99. The van der Waals surface area contributed by atoms with Crippen LogP contribution in [0, 0.1) is 5.41 Å². The second kappa shape index (κ2) is 4.70. The summed E-state index contributed by atoms with van der Waals surface area (Å²) < 4.78 is 0. The number of hydrogen-bond acceptors (Lipinski definition) is 5. The third-order valence-corrected chi connectivity index (χ3v) is 1.02. The van der Waals surface area contributed by atoms with Crippen LogP contribution in [0.3, 0.4) is 0 Å². The summed E-state index contributed by atoms with van der Waals surface area (Å²) in [6.07, 6.45) is 1.38. The molecule has 0 rings (SSSR count). The Morgan fingerprint density at radius 3 is 2.15 bits per heavy atom. The van der Waals surface area contributed by atoms with Gasteiger partial charge in [0.15, 0.2) is 0 Å².